The maximum absolute atomic E-state index is 12.7. The number of hydrogen-bond acceptors (Lipinski definition) is 3. The lowest BCUT2D eigenvalue weighted by atomic mass is 9.95. The van der Waals surface area contributed by atoms with Crippen LogP contribution in [0.3, 0.4) is 0 Å². The molecule has 1 aliphatic heterocycles. The molecule has 1 amide bonds. The van der Waals surface area contributed by atoms with E-state index < -0.39 is 0 Å². The SMILES string of the molecule is O=C1NCCN(CCCc2ccccc2)CC1Cc1cccc(-c2cccnc2)c1. The van der Waals surface area contributed by atoms with Gasteiger partial charge in [-0.2, -0.15) is 0 Å². The van der Waals surface area contributed by atoms with E-state index in [1.54, 1.807) is 6.20 Å². The second kappa shape index (κ2) is 10.2. The summed E-state index contributed by atoms with van der Waals surface area (Å²) in [6.45, 7) is 3.50. The third kappa shape index (κ3) is 5.55. The van der Waals surface area contributed by atoms with E-state index in [2.05, 4.69) is 75.9 Å². The first kappa shape index (κ1) is 20.3. The van der Waals surface area contributed by atoms with Gasteiger partial charge in [0.1, 0.15) is 0 Å². The number of aryl methyl sites for hydroxylation is 1. The van der Waals surface area contributed by atoms with Gasteiger partial charge in [0.15, 0.2) is 0 Å². The fourth-order valence-corrected chi connectivity index (χ4v) is 4.18. The molecule has 0 saturated carbocycles. The van der Waals surface area contributed by atoms with Gasteiger partial charge in [0.05, 0.1) is 5.92 Å². The van der Waals surface area contributed by atoms with Gasteiger partial charge in [0.25, 0.3) is 0 Å². The average molecular weight is 400 g/mol. The summed E-state index contributed by atoms with van der Waals surface area (Å²) in [4.78, 5) is 19.3. The highest BCUT2D eigenvalue weighted by Crippen LogP contribution is 2.21. The van der Waals surface area contributed by atoms with Crippen molar-refractivity contribution in [2.75, 3.05) is 26.2 Å². The van der Waals surface area contributed by atoms with Gasteiger partial charge in [0.2, 0.25) is 5.91 Å². The van der Waals surface area contributed by atoms with Crippen molar-refractivity contribution in [3.8, 4) is 11.1 Å². The van der Waals surface area contributed by atoms with Crippen LogP contribution >= 0.6 is 0 Å². The van der Waals surface area contributed by atoms with E-state index in [4.69, 9.17) is 0 Å². The number of pyridine rings is 1. The molecule has 0 radical (unpaired) electrons. The number of nitrogens with one attached hydrogen (secondary N) is 1. The van der Waals surface area contributed by atoms with E-state index in [0.717, 1.165) is 56.6 Å². The predicted octanol–water partition coefficient (Wildman–Crippen LogP) is 3.97. The van der Waals surface area contributed by atoms with Crippen LogP contribution in [-0.2, 0) is 17.6 Å². The van der Waals surface area contributed by atoms with Crippen LogP contribution in [0.1, 0.15) is 17.5 Å². The van der Waals surface area contributed by atoms with Gasteiger partial charge in [-0.25, -0.2) is 0 Å². The molecule has 2 aromatic carbocycles. The van der Waals surface area contributed by atoms with Gasteiger partial charge >= 0.3 is 0 Å². The van der Waals surface area contributed by atoms with Crippen LogP contribution in [0.4, 0.5) is 0 Å². The minimum absolute atomic E-state index is 0.0200. The molecule has 4 heteroatoms. The molecule has 154 valence electrons. The maximum atomic E-state index is 12.7. The average Bonchev–Trinajstić information content (AvgIpc) is 2.96. The van der Waals surface area contributed by atoms with Crippen LogP contribution < -0.4 is 5.32 Å². The van der Waals surface area contributed by atoms with Crippen LogP contribution in [0.25, 0.3) is 11.1 Å². The van der Waals surface area contributed by atoms with Crippen LogP contribution in [0, 0.1) is 5.92 Å². The highest BCUT2D eigenvalue weighted by atomic mass is 16.1. The highest BCUT2D eigenvalue weighted by Gasteiger charge is 2.25. The Balaban J connectivity index is 1.38. The Hall–Kier alpha value is -2.98. The summed E-state index contributed by atoms with van der Waals surface area (Å²) in [6, 6.07) is 23.1. The third-order valence-electron chi connectivity index (χ3n) is 5.76. The zero-order valence-corrected chi connectivity index (χ0v) is 17.3. The van der Waals surface area contributed by atoms with Gasteiger partial charge in [-0.1, -0.05) is 60.7 Å². The van der Waals surface area contributed by atoms with Crippen molar-refractivity contribution in [1.29, 1.82) is 0 Å². The molecule has 30 heavy (non-hydrogen) atoms. The smallest absolute Gasteiger partial charge is 0.224 e. The van der Waals surface area contributed by atoms with Crippen LogP contribution in [0.15, 0.2) is 79.1 Å². The van der Waals surface area contributed by atoms with Crippen molar-refractivity contribution in [3.63, 3.8) is 0 Å². The molecular formula is C26H29N3O. The van der Waals surface area contributed by atoms with Gasteiger partial charge in [-0.05, 0) is 54.1 Å². The molecule has 1 N–H and O–H groups in total. The van der Waals surface area contributed by atoms with Crippen LogP contribution in [0.5, 0.6) is 0 Å². The van der Waals surface area contributed by atoms with Crippen molar-refractivity contribution in [2.24, 2.45) is 5.92 Å². The minimum atomic E-state index is -0.0200. The van der Waals surface area contributed by atoms with Crippen LogP contribution in [-0.4, -0.2) is 42.0 Å². The summed E-state index contributed by atoms with van der Waals surface area (Å²) in [5, 5.41) is 3.11. The zero-order valence-electron chi connectivity index (χ0n) is 17.3. The number of carbonyl (C=O) groups excluding carboxylic acids is 1. The van der Waals surface area contributed by atoms with Crippen molar-refractivity contribution >= 4 is 5.91 Å². The lowest BCUT2D eigenvalue weighted by Crippen LogP contribution is -2.34. The summed E-state index contributed by atoms with van der Waals surface area (Å²) in [6.07, 6.45) is 6.62. The molecule has 0 spiro atoms. The first-order valence-electron chi connectivity index (χ1n) is 10.8. The molecule has 4 nitrogen and oxygen atoms in total. The third-order valence-corrected chi connectivity index (χ3v) is 5.76. The lowest BCUT2D eigenvalue weighted by Gasteiger charge is -2.23. The summed E-state index contributed by atoms with van der Waals surface area (Å²) < 4.78 is 0. The minimum Gasteiger partial charge on any atom is -0.355 e. The zero-order chi connectivity index (χ0) is 20.6. The van der Waals surface area contributed by atoms with E-state index in [9.17, 15) is 4.79 Å². The van der Waals surface area contributed by atoms with E-state index in [1.165, 1.54) is 11.1 Å². The number of carbonyl (C=O) groups is 1. The molecule has 0 bridgehead atoms. The Labute approximate surface area is 179 Å². The normalized spacial score (nSPS) is 17.3. The number of nitrogens with zero attached hydrogens (tertiary/aromatic N) is 2. The molecule has 0 aliphatic carbocycles. The summed E-state index contributed by atoms with van der Waals surface area (Å²) in [5.41, 5.74) is 4.83. The predicted molar refractivity (Wildman–Crippen MR) is 121 cm³/mol. The molecule has 1 unspecified atom stereocenters. The molecule has 1 saturated heterocycles. The molecule has 1 aliphatic rings. The summed E-state index contributed by atoms with van der Waals surface area (Å²) >= 11 is 0. The fourth-order valence-electron chi connectivity index (χ4n) is 4.18. The van der Waals surface area contributed by atoms with E-state index in [-0.39, 0.29) is 11.8 Å². The molecule has 3 aromatic rings. The van der Waals surface area contributed by atoms with E-state index >= 15 is 0 Å². The van der Waals surface area contributed by atoms with E-state index in [1.807, 2.05) is 12.3 Å². The number of benzene rings is 2. The first-order chi connectivity index (χ1) is 14.8. The Morgan fingerprint density at radius 3 is 2.63 bits per heavy atom. The number of rotatable bonds is 7. The molecule has 1 atom stereocenters. The highest BCUT2D eigenvalue weighted by molar-refractivity contribution is 5.79. The Kier molecular flexibility index (Phi) is 6.88. The maximum Gasteiger partial charge on any atom is 0.224 e. The van der Waals surface area contributed by atoms with Gasteiger partial charge in [-0.3, -0.25) is 9.78 Å². The topological polar surface area (TPSA) is 45.2 Å². The molecule has 2 heterocycles. The van der Waals surface area contributed by atoms with Crippen LogP contribution in [0.2, 0.25) is 0 Å². The second-order valence-electron chi connectivity index (χ2n) is 8.02. The van der Waals surface area contributed by atoms with Crippen molar-refractivity contribution in [3.05, 3.63) is 90.3 Å². The van der Waals surface area contributed by atoms with E-state index in [0.29, 0.717) is 0 Å². The fraction of sp³-hybridized carbons (Fsp3) is 0.308. The first-order valence-corrected chi connectivity index (χ1v) is 10.8. The quantitative estimate of drug-likeness (QED) is 0.654. The number of amides is 1. The second-order valence-corrected chi connectivity index (χ2v) is 8.02. The monoisotopic (exact) mass is 399 g/mol. The molecule has 1 fully saturated rings. The van der Waals surface area contributed by atoms with Gasteiger partial charge < -0.3 is 10.2 Å². The summed E-state index contributed by atoms with van der Waals surface area (Å²) in [5.74, 6) is 0.153. The number of aromatic nitrogens is 1. The molecular weight excluding hydrogens is 370 g/mol. The van der Waals surface area contributed by atoms with Crippen molar-refractivity contribution in [1.82, 2.24) is 15.2 Å². The van der Waals surface area contributed by atoms with Gasteiger partial charge in [0, 0.05) is 32.0 Å². The molecule has 4 rings (SSSR count). The van der Waals surface area contributed by atoms with Gasteiger partial charge in [-0.15, -0.1) is 0 Å². The largest absolute Gasteiger partial charge is 0.355 e. The van der Waals surface area contributed by atoms with Crippen molar-refractivity contribution < 1.29 is 4.79 Å². The Bertz CT molecular complexity index is 943. The standard InChI is InChI=1S/C26H29N3O/c30-26-25(18-22-9-4-11-23(17-22)24-12-5-13-27-19-24)20-29(16-14-28-26)15-6-10-21-7-2-1-3-8-21/h1-5,7-9,11-13,17,19,25H,6,10,14-16,18,20H2,(H,28,30). The summed E-state index contributed by atoms with van der Waals surface area (Å²) in [7, 11) is 0. The lowest BCUT2D eigenvalue weighted by molar-refractivity contribution is -0.124. The Morgan fingerprint density at radius 1 is 0.967 bits per heavy atom. The van der Waals surface area contributed by atoms with Crippen molar-refractivity contribution in [2.45, 2.75) is 19.3 Å². The molecule has 1 aromatic heterocycles. The Morgan fingerprint density at radius 2 is 1.80 bits per heavy atom. The number of hydrogen-bond donors (Lipinski definition) is 1.